The van der Waals surface area contributed by atoms with Crippen molar-refractivity contribution in [3.63, 3.8) is 0 Å². The number of carbonyl (C=O) groups excluding carboxylic acids is 1. The quantitative estimate of drug-likeness (QED) is 0.847. The van der Waals surface area contributed by atoms with E-state index in [0.29, 0.717) is 13.1 Å². The molecule has 1 aliphatic rings. The van der Waals surface area contributed by atoms with Crippen molar-refractivity contribution in [2.75, 3.05) is 39.8 Å². The van der Waals surface area contributed by atoms with Crippen LogP contribution in [0.25, 0.3) is 0 Å². The van der Waals surface area contributed by atoms with Gasteiger partial charge >= 0.3 is 6.09 Å². The Bertz CT molecular complexity index is 445. The first-order valence-electron chi connectivity index (χ1n) is 6.99. The van der Waals surface area contributed by atoms with Gasteiger partial charge in [-0.3, -0.25) is 4.90 Å². The molecule has 0 aliphatic carbocycles. The van der Waals surface area contributed by atoms with Gasteiger partial charge in [0.1, 0.15) is 5.82 Å². The summed E-state index contributed by atoms with van der Waals surface area (Å²) >= 11 is 0. The molecule has 1 fully saturated rings. The average molecular weight is 280 g/mol. The standard InChI is InChI=1S/C15H21FN2O2/c1-20-15(19)18-11-9-17(10-12-18)8-4-6-13-5-2-3-7-14(13)16/h2-3,5,7H,4,6,8-12H2,1H3. The van der Waals surface area contributed by atoms with E-state index in [0.717, 1.165) is 38.0 Å². The third-order valence-electron chi connectivity index (χ3n) is 3.68. The third kappa shape index (κ3) is 3.93. The van der Waals surface area contributed by atoms with E-state index < -0.39 is 0 Å². The van der Waals surface area contributed by atoms with Crippen LogP contribution in [-0.2, 0) is 11.2 Å². The number of benzene rings is 1. The second-order valence-electron chi connectivity index (χ2n) is 4.99. The van der Waals surface area contributed by atoms with Gasteiger partial charge in [-0.1, -0.05) is 18.2 Å². The molecule has 20 heavy (non-hydrogen) atoms. The summed E-state index contributed by atoms with van der Waals surface area (Å²) in [5, 5.41) is 0. The predicted molar refractivity (Wildman–Crippen MR) is 75.1 cm³/mol. The highest BCUT2D eigenvalue weighted by Crippen LogP contribution is 2.10. The Morgan fingerprint density at radius 1 is 1.25 bits per heavy atom. The second-order valence-corrected chi connectivity index (χ2v) is 4.99. The van der Waals surface area contributed by atoms with Crippen molar-refractivity contribution in [1.29, 1.82) is 0 Å². The Morgan fingerprint density at radius 3 is 2.60 bits per heavy atom. The monoisotopic (exact) mass is 280 g/mol. The molecule has 1 aromatic rings. The summed E-state index contributed by atoms with van der Waals surface area (Å²) < 4.78 is 18.2. The highest BCUT2D eigenvalue weighted by Gasteiger charge is 2.20. The number of methoxy groups -OCH3 is 1. The highest BCUT2D eigenvalue weighted by molar-refractivity contribution is 5.67. The largest absolute Gasteiger partial charge is 0.453 e. The Labute approximate surface area is 119 Å². The molecule has 1 saturated heterocycles. The van der Waals surface area contributed by atoms with Crippen LogP contribution >= 0.6 is 0 Å². The van der Waals surface area contributed by atoms with Crippen molar-refractivity contribution < 1.29 is 13.9 Å². The minimum Gasteiger partial charge on any atom is -0.453 e. The number of rotatable bonds is 4. The van der Waals surface area contributed by atoms with Gasteiger partial charge in [-0.2, -0.15) is 0 Å². The smallest absolute Gasteiger partial charge is 0.409 e. The fourth-order valence-electron chi connectivity index (χ4n) is 2.48. The van der Waals surface area contributed by atoms with E-state index in [2.05, 4.69) is 4.90 Å². The molecule has 0 bridgehead atoms. The van der Waals surface area contributed by atoms with Crippen LogP contribution in [0.4, 0.5) is 9.18 Å². The first-order chi connectivity index (χ1) is 9.70. The van der Waals surface area contributed by atoms with Crippen LogP contribution in [0, 0.1) is 5.82 Å². The third-order valence-corrected chi connectivity index (χ3v) is 3.68. The molecule has 1 heterocycles. The zero-order chi connectivity index (χ0) is 14.4. The lowest BCUT2D eigenvalue weighted by molar-refractivity contribution is 0.0907. The summed E-state index contributed by atoms with van der Waals surface area (Å²) in [6.45, 7) is 4.04. The maximum Gasteiger partial charge on any atom is 0.409 e. The minimum atomic E-state index is -0.254. The van der Waals surface area contributed by atoms with Gasteiger partial charge in [0.25, 0.3) is 0 Å². The molecule has 4 nitrogen and oxygen atoms in total. The molecule has 1 aliphatic heterocycles. The van der Waals surface area contributed by atoms with Crippen LogP contribution in [0.15, 0.2) is 24.3 Å². The highest BCUT2D eigenvalue weighted by atomic mass is 19.1. The number of ether oxygens (including phenoxy) is 1. The summed E-state index contributed by atoms with van der Waals surface area (Å²) in [7, 11) is 1.41. The van der Waals surface area contributed by atoms with Crippen LogP contribution < -0.4 is 0 Å². The number of hydrogen-bond donors (Lipinski definition) is 0. The lowest BCUT2D eigenvalue weighted by Gasteiger charge is -2.33. The number of halogens is 1. The van der Waals surface area contributed by atoms with E-state index in [9.17, 15) is 9.18 Å². The van der Waals surface area contributed by atoms with Crippen molar-refractivity contribution in [2.24, 2.45) is 0 Å². The molecule has 0 radical (unpaired) electrons. The SMILES string of the molecule is COC(=O)N1CCN(CCCc2ccccc2F)CC1. The molecule has 0 N–H and O–H groups in total. The lowest BCUT2D eigenvalue weighted by Crippen LogP contribution is -2.48. The van der Waals surface area contributed by atoms with E-state index >= 15 is 0 Å². The normalized spacial score (nSPS) is 16.2. The van der Waals surface area contributed by atoms with Crippen molar-refractivity contribution in [1.82, 2.24) is 9.80 Å². The van der Waals surface area contributed by atoms with Gasteiger partial charge in [-0.25, -0.2) is 9.18 Å². The zero-order valence-electron chi connectivity index (χ0n) is 11.8. The van der Waals surface area contributed by atoms with Crippen molar-refractivity contribution in [3.8, 4) is 0 Å². The van der Waals surface area contributed by atoms with Crippen LogP contribution in [-0.4, -0.2) is 55.7 Å². The molecule has 0 unspecified atom stereocenters. The molecule has 0 spiro atoms. The first kappa shape index (κ1) is 14.8. The van der Waals surface area contributed by atoms with E-state index in [1.165, 1.54) is 13.2 Å². The van der Waals surface area contributed by atoms with Gasteiger partial charge in [-0.15, -0.1) is 0 Å². The van der Waals surface area contributed by atoms with Gasteiger partial charge in [0, 0.05) is 26.2 Å². The zero-order valence-corrected chi connectivity index (χ0v) is 11.8. The fraction of sp³-hybridized carbons (Fsp3) is 0.533. The molecular formula is C15H21FN2O2. The van der Waals surface area contributed by atoms with Crippen LogP contribution in [0.1, 0.15) is 12.0 Å². The topological polar surface area (TPSA) is 32.8 Å². The van der Waals surface area contributed by atoms with E-state index in [1.807, 2.05) is 12.1 Å². The summed E-state index contributed by atoms with van der Waals surface area (Å²) in [6, 6.07) is 6.92. The number of nitrogens with zero attached hydrogens (tertiary/aromatic N) is 2. The Kier molecular flexibility index (Phi) is 5.35. The molecular weight excluding hydrogens is 259 g/mol. The number of amides is 1. The molecule has 5 heteroatoms. The molecule has 2 rings (SSSR count). The van der Waals surface area contributed by atoms with Gasteiger partial charge in [0.2, 0.25) is 0 Å². The molecule has 1 aromatic carbocycles. The molecule has 110 valence electrons. The summed E-state index contributed by atoms with van der Waals surface area (Å²) in [5.41, 5.74) is 0.778. The van der Waals surface area contributed by atoms with E-state index in [-0.39, 0.29) is 11.9 Å². The van der Waals surface area contributed by atoms with Crippen molar-refractivity contribution in [3.05, 3.63) is 35.6 Å². The van der Waals surface area contributed by atoms with Crippen LogP contribution in [0.2, 0.25) is 0 Å². The molecule has 1 amide bonds. The summed E-state index contributed by atoms with van der Waals surface area (Å²) in [6.07, 6.45) is 1.43. The number of carbonyl (C=O) groups is 1. The molecule has 0 aromatic heterocycles. The lowest BCUT2D eigenvalue weighted by atomic mass is 10.1. The summed E-state index contributed by atoms with van der Waals surface area (Å²) in [4.78, 5) is 15.4. The van der Waals surface area contributed by atoms with Crippen molar-refractivity contribution in [2.45, 2.75) is 12.8 Å². The van der Waals surface area contributed by atoms with E-state index in [4.69, 9.17) is 4.74 Å². The minimum absolute atomic E-state index is 0.122. The Morgan fingerprint density at radius 2 is 1.95 bits per heavy atom. The Balaban J connectivity index is 1.69. The van der Waals surface area contributed by atoms with Gasteiger partial charge < -0.3 is 9.64 Å². The van der Waals surface area contributed by atoms with Gasteiger partial charge in [0.15, 0.2) is 0 Å². The molecule has 0 atom stereocenters. The van der Waals surface area contributed by atoms with E-state index in [1.54, 1.807) is 11.0 Å². The number of aryl methyl sites for hydroxylation is 1. The number of hydrogen-bond acceptors (Lipinski definition) is 3. The average Bonchev–Trinajstić information content (AvgIpc) is 2.49. The Hall–Kier alpha value is -1.62. The van der Waals surface area contributed by atoms with Crippen molar-refractivity contribution >= 4 is 6.09 Å². The second kappa shape index (κ2) is 7.24. The van der Waals surface area contributed by atoms with Crippen LogP contribution in [0.3, 0.4) is 0 Å². The fourth-order valence-corrected chi connectivity index (χ4v) is 2.48. The van der Waals surface area contributed by atoms with Gasteiger partial charge in [-0.05, 0) is 31.0 Å². The summed E-state index contributed by atoms with van der Waals surface area (Å²) in [5.74, 6) is -0.122. The van der Waals surface area contributed by atoms with Gasteiger partial charge in [0.05, 0.1) is 7.11 Å². The predicted octanol–water partition coefficient (Wildman–Crippen LogP) is 2.14. The van der Waals surface area contributed by atoms with Crippen LogP contribution in [0.5, 0.6) is 0 Å². The number of piperazine rings is 1. The maximum absolute atomic E-state index is 13.5. The first-order valence-corrected chi connectivity index (χ1v) is 6.99. The maximum atomic E-state index is 13.5. The molecule has 0 saturated carbocycles.